The van der Waals surface area contributed by atoms with Gasteiger partial charge in [0.25, 0.3) is 0 Å². The molecule has 158 valence electrons. The van der Waals surface area contributed by atoms with Crippen molar-refractivity contribution in [3.8, 4) is 0 Å². The predicted octanol–water partition coefficient (Wildman–Crippen LogP) is 4.86. The summed E-state index contributed by atoms with van der Waals surface area (Å²) in [4.78, 5) is 7.03. The Morgan fingerprint density at radius 1 is 1.00 bits per heavy atom. The molecule has 30 heavy (non-hydrogen) atoms. The lowest BCUT2D eigenvalue weighted by Crippen LogP contribution is -2.48. The second-order valence-electron chi connectivity index (χ2n) is 7.28. The summed E-state index contributed by atoms with van der Waals surface area (Å²) < 4.78 is 27.4. The number of sulfonamides is 1. The molecule has 5 nitrogen and oxygen atoms in total. The number of hydrogen-bond donors (Lipinski definition) is 0. The maximum Gasteiger partial charge on any atom is 0.243 e. The number of benzene rings is 2. The van der Waals surface area contributed by atoms with Crippen molar-refractivity contribution >= 4 is 49.7 Å². The lowest BCUT2D eigenvalue weighted by molar-refractivity contribution is 0.384. The van der Waals surface area contributed by atoms with Crippen molar-refractivity contribution in [2.75, 3.05) is 31.1 Å². The summed E-state index contributed by atoms with van der Waals surface area (Å²) in [5.74, 6) is 0. The SMILES string of the molecule is Cc1ccc(Cc2csc(N3CCN(S(=O)(=O)c4cc(Cl)cc(Cl)c4)CC3)n2)cc1. The van der Waals surface area contributed by atoms with Crippen LogP contribution in [0.2, 0.25) is 10.0 Å². The van der Waals surface area contributed by atoms with E-state index in [2.05, 4.69) is 41.5 Å². The summed E-state index contributed by atoms with van der Waals surface area (Å²) in [6.45, 7) is 4.03. The van der Waals surface area contributed by atoms with E-state index in [0.717, 1.165) is 17.2 Å². The van der Waals surface area contributed by atoms with Crippen molar-refractivity contribution in [3.05, 3.63) is 74.7 Å². The Bertz CT molecular complexity index is 1120. The first-order chi connectivity index (χ1) is 14.3. The van der Waals surface area contributed by atoms with Gasteiger partial charge in [0.1, 0.15) is 0 Å². The number of piperazine rings is 1. The largest absolute Gasteiger partial charge is 0.345 e. The molecule has 0 radical (unpaired) electrons. The molecule has 1 aromatic heterocycles. The van der Waals surface area contributed by atoms with Gasteiger partial charge in [0.2, 0.25) is 10.0 Å². The summed E-state index contributed by atoms with van der Waals surface area (Å²) in [5, 5.41) is 3.62. The minimum absolute atomic E-state index is 0.128. The molecule has 1 aliphatic heterocycles. The van der Waals surface area contributed by atoms with E-state index in [-0.39, 0.29) is 4.90 Å². The van der Waals surface area contributed by atoms with E-state index in [0.29, 0.717) is 36.2 Å². The molecule has 0 N–H and O–H groups in total. The third-order valence-electron chi connectivity index (χ3n) is 5.03. The Morgan fingerprint density at radius 3 is 2.27 bits per heavy atom. The van der Waals surface area contributed by atoms with Gasteiger partial charge in [-0.05, 0) is 30.7 Å². The summed E-state index contributed by atoms with van der Waals surface area (Å²) in [6, 6.07) is 12.9. The maximum atomic E-state index is 12.9. The van der Waals surface area contributed by atoms with E-state index in [1.165, 1.54) is 33.6 Å². The van der Waals surface area contributed by atoms with E-state index >= 15 is 0 Å². The van der Waals surface area contributed by atoms with Crippen LogP contribution in [0.3, 0.4) is 0 Å². The average molecular weight is 482 g/mol. The van der Waals surface area contributed by atoms with Crippen LogP contribution in [0.1, 0.15) is 16.8 Å². The quantitative estimate of drug-likeness (QED) is 0.521. The van der Waals surface area contributed by atoms with Crippen LogP contribution in [0.4, 0.5) is 5.13 Å². The topological polar surface area (TPSA) is 53.5 Å². The fourth-order valence-corrected chi connectivity index (χ4v) is 6.41. The highest BCUT2D eigenvalue weighted by Gasteiger charge is 2.29. The van der Waals surface area contributed by atoms with Gasteiger partial charge in [0, 0.05) is 48.0 Å². The average Bonchev–Trinajstić information content (AvgIpc) is 3.18. The van der Waals surface area contributed by atoms with Crippen LogP contribution in [0, 0.1) is 6.92 Å². The van der Waals surface area contributed by atoms with E-state index < -0.39 is 10.0 Å². The third-order valence-corrected chi connectivity index (χ3v) is 8.29. The van der Waals surface area contributed by atoms with Crippen LogP contribution in [0.25, 0.3) is 0 Å². The van der Waals surface area contributed by atoms with Crippen LogP contribution in [0.5, 0.6) is 0 Å². The van der Waals surface area contributed by atoms with Crippen LogP contribution < -0.4 is 4.90 Å². The molecular weight excluding hydrogens is 461 g/mol. The predicted molar refractivity (Wildman–Crippen MR) is 124 cm³/mol. The minimum atomic E-state index is -3.63. The Morgan fingerprint density at radius 2 is 1.63 bits per heavy atom. The van der Waals surface area contributed by atoms with Gasteiger partial charge >= 0.3 is 0 Å². The van der Waals surface area contributed by atoms with Crippen LogP contribution in [0.15, 0.2) is 52.7 Å². The van der Waals surface area contributed by atoms with Crippen LogP contribution in [-0.2, 0) is 16.4 Å². The molecular formula is C21H21Cl2N3O2S2. The molecule has 2 heterocycles. The third kappa shape index (κ3) is 4.81. The van der Waals surface area contributed by atoms with Crippen LogP contribution in [-0.4, -0.2) is 43.9 Å². The summed E-state index contributed by atoms with van der Waals surface area (Å²) in [6.07, 6.45) is 0.792. The molecule has 1 aliphatic rings. The number of anilines is 1. The Balaban J connectivity index is 1.41. The van der Waals surface area contributed by atoms with E-state index in [4.69, 9.17) is 28.2 Å². The van der Waals surface area contributed by atoms with Gasteiger partial charge in [-0.1, -0.05) is 53.0 Å². The highest BCUT2D eigenvalue weighted by molar-refractivity contribution is 7.89. The zero-order valence-corrected chi connectivity index (χ0v) is 19.5. The summed E-state index contributed by atoms with van der Waals surface area (Å²) in [7, 11) is -3.63. The van der Waals surface area contributed by atoms with Crippen molar-refractivity contribution in [2.45, 2.75) is 18.2 Å². The standard InChI is InChI=1S/C21H21Cl2N3O2S2/c1-15-2-4-16(5-3-15)10-19-14-29-21(24-19)25-6-8-26(9-7-25)30(27,28)20-12-17(22)11-18(23)13-20/h2-5,11-14H,6-10H2,1H3. The van der Waals surface area contributed by atoms with E-state index in [9.17, 15) is 8.42 Å². The first kappa shape index (κ1) is 21.6. The number of aryl methyl sites for hydroxylation is 1. The second-order valence-corrected chi connectivity index (χ2v) is 10.9. The highest BCUT2D eigenvalue weighted by atomic mass is 35.5. The number of aromatic nitrogens is 1. The second kappa shape index (κ2) is 8.85. The summed E-state index contributed by atoms with van der Waals surface area (Å²) >= 11 is 13.6. The number of hydrogen-bond acceptors (Lipinski definition) is 5. The smallest absolute Gasteiger partial charge is 0.243 e. The lowest BCUT2D eigenvalue weighted by Gasteiger charge is -2.33. The van der Waals surface area contributed by atoms with Crippen molar-refractivity contribution in [3.63, 3.8) is 0 Å². The van der Waals surface area contributed by atoms with Crippen molar-refractivity contribution in [1.82, 2.24) is 9.29 Å². The molecule has 0 saturated carbocycles. The zero-order chi connectivity index (χ0) is 21.3. The molecule has 0 spiro atoms. The molecule has 0 aliphatic carbocycles. The van der Waals surface area contributed by atoms with Crippen LogP contribution >= 0.6 is 34.5 Å². The normalized spacial score (nSPS) is 15.5. The van der Waals surface area contributed by atoms with E-state index in [1.54, 1.807) is 11.3 Å². The minimum Gasteiger partial charge on any atom is -0.345 e. The zero-order valence-electron chi connectivity index (χ0n) is 16.4. The molecule has 1 saturated heterocycles. The van der Waals surface area contributed by atoms with Gasteiger partial charge in [-0.3, -0.25) is 0 Å². The molecule has 0 amide bonds. The molecule has 0 atom stereocenters. The van der Waals surface area contributed by atoms with Gasteiger partial charge in [0.05, 0.1) is 10.6 Å². The lowest BCUT2D eigenvalue weighted by atomic mass is 10.1. The van der Waals surface area contributed by atoms with E-state index in [1.807, 2.05) is 0 Å². The molecule has 1 fully saturated rings. The maximum absolute atomic E-state index is 12.9. The number of rotatable bonds is 5. The van der Waals surface area contributed by atoms with Gasteiger partial charge in [-0.25, -0.2) is 13.4 Å². The number of thiazole rings is 1. The molecule has 3 aromatic rings. The Labute approximate surface area is 190 Å². The fraction of sp³-hybridized carbons (Fsp3) is 0.286. The molecule has 4 rings (SSSR count). The van der Waals surface area contributed by atoms with Gasteiger partial charge in [0.15, 0.2) is 5.13 Å². The first-order valence-electron chi connectivity index (χ1n) is 9.52. The Hall–Kier alpha value is -1.64. The first-order valence-corrected chi connectivity index (χ1v) is 12.6. The Kier molecular flexibility index (Phi) is 6.36. The van der Waals surface area contributed by atoms with Crippen molar-refractivity contribution < 1.29 is 8.42 Å². The van der Waals surface area contributed by atoms with Gasteiger partial charge in [-0.15, -0.1) is 11.3 Å². The summed E-state index contributed by atoms with van der Waals surface area (Å²) in [5.41, 5.74) is 3.50. The molecule has 9 heteroatoms. The number of nitrogens with zero attached hydrogens (tertiary/aromatic N) is 3. The fourth-order valence-electron chi connectivity index (χ4n) is 3.38. The van der Waals surface area contributed by atoms with Gasteiger partial charge in [-0.2, -0.15) is 4.31 Å². The molecule has 2 aromatic carbocycles. The molecule has 0 unspecified atom stereocenters. The highest BCUT2D eigenvalue weighted by Crippen LogP contribution is 2.28. The number of halogens is 2. The van der Waals surface area contributed by atoms with Gasteiger partial charge < -0.3 is 4.90 Å². The van der Waals surface area contributed by atoms with Crippen molar-refractivity contribution in [2.24, 2.45) is 0 Å². The monoisotopic (exact) mass is 481 g/mol. The van der Waals surface area contributed by atoms with Crippen molar-refractivity contribution in [1.29, 1.82) is 0 Å². The molecule has 0 bridgehead atoms.